The van der Waals surface area contributed by atoms with Gasteiger partial charge in [-0.1, -0.05) is 51.8 Å². The van der Waals surface area contributed by atoms with E-state index in [-0.39, 0.29) is 0 Å². The zero-order chi connectivity index (χ0) is 13.7. The number of rotatable bonds is 5. The minimum Gasteiger partial charge on any atom is -0.310 e. The Balaban J connectivity index is 1.84. The Morgan fingerprint density at radius 2 is 1.84 bits per heavy atom. The summed E-state index contributed by atoms with van der Waals surface area (Å²) in [6, 6.07) is 16.9. The van der Waals surface area contributed by atoms with Gasteiger partial charge >= 0.3 is 0 Å². The highest BCUT2D eigenvalue weighted by Crippen LogP contribution is 2.13. The molecule has 0 saturated carbocycles. The summed E-state index contributed by atoms with van der Waals surface area (Å²) in [4.78, 5) is 0. The van der Waals surface area contributed by atoms with E-state index in [4.69, 9.17) is 11.6 Å². The number of hydrogen-bond acceptors (Lipinski definition) is 1. The second kappa shape index (κ2) is 7.09. The van der Waals surface area contributed by atoms with Crippen molar-refractivity contribution in [3.8, 4) is 0 Å². The second-order valence-electron chi connectivity index (χ2n) is 4.74. The largest absolute Gasteiger partial charge is 0.310 e. The monoisotopic (exact) mass is 337 g/mol. The van der Waals surface area contributed by atoms with Crippen molar-refractivity contribution >= 4 is 27.5 Å². The lowest BCUT2D eigenvalue weighted by Gasteiger charge is -2.14. The van der Waals surface area contributed by atoms with Gasteiger partial charge in [-0.15, -0.1) is 0 Å². The van der Waals surface area contributed by atoms with Crippen molar-refractivity contribution in [1.29, 1.82) is 0 Å². The van der Waals surface area contributed by atoms with Gasteiger partial charge in [0, 0.05) is 22.1 Å². The molecule has 3 heteroatoms. The van der Waals surface area contributed by atoms with E-state index in [1.807, 2.05) is 18.2 Å². The number of benzene rings is 2. The van der Waals surface area contributed by atoms with E-state index in [9.17, 15) is 0 Å². The van der Waals surface area contributed by atoms with E-state index in [0.29, 0.717) is 6.04 Å². The highest BCUT2D eigenvalue weighted by molar-refractivity contribution is 9.10. The molecule has 2 aromatic carbocycles. The van der Waals surface area contributed by atoms with Gasteiger partial charge in [-0.2, -0.15) is 0 Å². The quantitative estimate of drug-likeness (QED) is 0.824. The molecule has 0 aliphatic rings. The molecule has 100 valence electrons. The summed E-state index contributed by atoms with van der Waals surface area (Å²) in [6.45, 7) is 3.08. The topological polar surface area (TPSA) is 12.0 Å². The number of halogens is 2. The zero-order valence-electron chi connectivity index (χ0n) is 10.9. The average molecular weight is 339 g/mol. The van der Waals surface area contributed by atoms with Crippen LogP contribution in [-0.4, -0.2) is 6.04 Å². The van der Waals surface area contributed by atoms with Gasteiger partial charge in [0.1, 0.15) is 0 Å². The molecule has 2 rings (SSSR count). The first-order valence-corrected chi connectivity index (χ1v) is 7.53. The van der Waals surface area contributed by atoms with Crippen LogP contribution < -0.4 is 5.32 Å². The first-order valence-electron chi connectivity index (χ1n) is 6.36. The van der Waals surface area contributed by atoms with Crippen LogP contribution in [0.5, 0.6) is 0 Å². The lowest BCUT2D eigenvalue weighted by atomic mass is 10.1. The third-order valence-corrected chi connectivity index (χ3v) is 3.74. The SMILES string of the molecule is CC(Cc1ccc(Cl)cc1)NCc1cccc(Br)c1. The third-order valence-electron chi connectivity index (χ3n) is 3.00. The van der Waals surface area contributed by atoms with E-state index in [0.717, 1.165) is 22.5 Å². The first-order chi connectivity index (χ1) is 9.13. The summed E-state index contributed by atoms with van der Waals surface area (Å²) >= 11 is 9.37. The van der Waals surface area contributed by atoms with E-state index in [1.54, 1.807) is 0 Å². The van der Waals surface area contributed by atoms with E-state index in [1.165, 1.54) is 11.1 Å². The predicted molar refractivity (Wildman–Crippen MR) is 85.6 cm³/mol. The first kappa shape index (κ1) is 14.6. The molecule has 1 N–H and O–H groups in total. The number of nitrogens with one attached hydrogen (secondary N) is 1. The van der Waals surface area contributed by atoms with Crippen LogP contribution in [0.25, 0.3) is 0 Å². The van der Waals surface area contributed by atoms with Crippen LogP contribution in [0.2, 0.25) is 5.02 Å². The van der Waals surface area contributed by atoms with Gasteiger partial charge in [0.2, 0.25) is 0 Å². The van der Waals surface area contributed by atoms with Crippen molar-refractivity contribution in [2.75, 3.05) is 0 Å². The molecule has 1 nitrogen and oxygen atoms in total. The van der Waals surface area contributed by atoms with Crippen molar-refractivity contribution in [2.24, 2.45) is 0 Å². The highest BCUT2D eigenvalue weighted by Gasteiger charge is 2.03. The molecular weight excluding hydrogens is 322 g/mol. The smallest absolute Gasteiger partial charge is 0.0406 e. The van der Waals surface area contributed by atoms with Gasteiger partial charge in [-0.25, -0.2) is 0 Å². The molecule has 0 aromatic heterocycles. The van der Waals surface area contributed by atoms with E-state index < -0.39 is 0 Å². The van der Waals surface area contributed by atoms with Crippen molar-refractivity contribution < 1.29 is 0 Å². The Hall–Kier alpha value is -0.830. The van der Waals surface area contributed by atoms with Gasteiger partial charge in [-0.3, -0.25) is 0 Å². The maximum absolute atomic E-state index is 5.88. The van der Waals surface area contributed by atoms with Gasteiger partial charge in [-0.05, 0) is 48.7 Å². The fraction of sp³-hybridized carbons (Fsp3) is 0.250. The fourth-order valence-corrected chi connectivity index (χ4v) is 2.56. The van der Waals surface area contributed by atoms with E-state index >= 15 is 0 Å². The molecule has 2 aromatic rings. The lowest BCUT2D eigenvalue weighted by Crippen LogP contribution is -2.27. The molecule has 0 heterocycles. The van der Waals surface area contributed by atoms with E-state index in [2.05, 4.69) is 58.5 Å². The van der Waals surface area contributed by atoms with Crippen LogP contribution in [0.15, 0.2) is 53.0 Å². The summed E-state index contributed by atoms with van der Waals surface area (Å²) in [6.07, 6.45) is 1.01. The predicted octanol–water partition coefficient (Wildman–Crippen LogP) is 4.82. The molecule has 0 bridgehead atoms. The maximum atomic E-state index is 5.88. The molecule has 19 heavy (non-hydrogen) atoms. The van der Waals surface area contributed by atoms with Crippen LogP contribution in [0.3, 0.4) is 0 Å². The van der Waals surface area contributed by atoms with Crippen LogP contribution in [0.4, 0.5) is 0 Å². The van der Waals surface area contributed by atoms with Crippen LogP contribution in [-0.2, 0) is 13.0 Å². The third kappa shape index (κ3) is 4.98. The average Bonchev–Trinajstić information content (AvgIpc) is 2.39. The van der Waals surface area contributed by atoms with Crippen molar-refractivity contribution in [3.05, 3.63) is 69.2 Å². The summed E-state index contributed by atoms with van der Waals surface area (Å²) in [5.74, 6) is 0. The number of hydrogen-bond donors (Lipinski definition) is 1. The summed E-state index contributed by atoms with van der Waals surface area (Å²) in [5, 5.41) is 4.33. The Kier molecular flexibility index (Phi) is 5.44. The minimum absolute atomic E-state index is 0.431. The molecule has 0 fully saturated rings. The second-order valence-corrected chi connectivity index (χ2v) is 6.09. The van der Waals surface area contributed by atoms with Crippen LogP contribution in [0, 0.1) is 0 Å². The molecule has 0 aliphatic carbocycles. The summed E-state index contributed by atoms with van der Waals surface area (Å²) in [5.41, 5.74) is 2.59. The highest BCUT2D eigenvalue weighted by atomic mass is 79.9. The Morgan fingerprint density at radius 3 is 2.53 bits per heavy atom. The Labute approximate surface area is 128 Å². The van der Waals surface area contributed by atoms with Gasteiger partial charge in [0.05, 0.1) is 0 Å². The molecule has 1 atom stereocenters. The van der Waals surface area contributed by atoms with Crippen LogP contribution >= 0.6 is 27.5 Å². The molecular formula is C16H17BrClN. The summed E-state index contributed by atoms with van der Waals surface area (Å²) in [7, 11) is 0. The zero-order valence-corrected chi connectivity index (χ0v) is 13.2. The van der Waals surface area contributed by atoms with Crippen molar-refractivity contribution in [1.82, 2.24) is 5.32 Å². The van der Waals surface area contributed by atoms with Gasteiger partial charge < -0.3 is 5.32 Å². The Bertz CT molecular complexity index is 525. The van der Waals surface area contributed by atoms with Crippen molar-refractivity contribution in [2.45, 2.75) is 25.9 Å². The fourth-order valence-electron chi connectivity index (χ4n) is 1.99. The lowest BCUT2D eigenvalue weighted by molar-refractivity contribution is 0.545. The van der Waals surface area contributed by atoms with Gasteiger partial charge in [0.25, 0.3) is 0 Å². The molecule has 0 radical (unpaired) electrons. The normalized spacial score (nSPS) is 12.4. The maximum Gasteiger partial charge on any atom is 0.0406 e. The molecule has 0 amide bonds. The molecule has 0 spiro atoms. The van der Waals surface area contributed by atoms with Gasteiger partial charge in [0.15, 0.2) is 0 Å². The minimum atomic E-state index is 0.431. The summed E-state index contributed by atoms with van der Waals surface area (Å²) < 4.78 is 1.12. The molecule has 1 unspecified atom stereocenters. The standard InChI is InChI=1S/C16H17BrClN/c1-12(9-13-5-7-16(18)8-6-13)19-11-14-3-2-4-15(17)10-14/h2-8,10,12,19H,9,11H2,1H3. The molecule has 0 aliphatic heterocycles. The molecule has 0 saturated heterocycles. The Morgan fingerprint density at radius 1 is 1.11 bits per heavy atom. The van der Waals surface area contributed by atoms with Crippen LogP contribution in [0.1, 0.15) is 18.1 Å². The van der Waals surface area contributed by atoms with Crippen molar-refractivity contribution in [3.63, 3.8) is 0 Å².